The molecule has 90 valence electrons. The molecule has 1 N–H and O–H groups in total. The second kappa shape index (κ2) is 4.82. The number of para-hydroxylation sites is 1. The lowest BCUT2D eigenvalue weighted by Crippen LogP contribution is -1.99. The fraction of sp³-hybridized carbons (Fsp3) is 0.0714. The van der Waals surface area contributed by atoms with Crippen LogP contribution in [0.2, 0.25) is 0 Å². The van der Waals surface area contributed by atoms with Crippen LogP contribution in [0.4, 0.5) is 5.69 Å². The van der Waals surface area contributed by atoms with Crippen molar-refractivity contribution in [2.24, 2.45) is 0 Å². The number of fused-ring (bicyclic) bond motifs is 1. The maximum Gasteiger partial charge on any atom is 0.136 e. The van der Waals surface area contributed by atoms with Crippen molar-refractivity contribution < 1.29 is 4.42 Å². The summed E-state index contributed by atoms with van der Waals surface area (Å²) < 4.78 is 6.32. The third-order valence-electron chi connectivity index (χ3n) is 2.73. The first-order valence-electron chi connectivity index (χ1n) is 5.63. The molecule has 3 nitrogen and oxygen atoms in total. The van der Waals surface area contributed by atoms with Crippen molar-refractivity contribution >= 4 is 32.5 Å². The molecule has 4 heteroatoms. The van der Waals surface area contributed by atoms with E-state index >= 15 is 0 Å². The number of aromatic nitrogens is 1. The summed E-state index contributed by atoms with van der Waals surface area (Å²) in [4.78, 5) is 4.40. The molecule has 0 saturated heterocycles. The summed E-state index contributed by atoms with van der Waals surface area (Å²) in [5.41, 5.74) is 1.99. The van der Waals surface area contributed by atoms with E-state index in [0.29, 0.717) is 6.54 Å². The van der Waals surface area contributed by atoms with Crippen molar-refractivity contribution in [3.63, 3.8) is 0 Å². The van der Waals surface area contributed by atoms with Gasteiger partial charge in [-0.25, -0.2) is 0 Å². The molecular formula is C14H11BrN2O. The van der Waals surface area contributed by atoms with E-state index in [1.54, 1.807) is 6.26 Å². The van der Waals surface area contributed by atoms with Gasteiger partial charge in [-0.1, -0.05) is 18.2 Å². The summed E-state index contributed by atoms with van der Waals surface area (Å²) in [5.74, 6) is 0.878. The maximum absolute atomic E-state index is 5.34. The number of hydrogen-bond acceptors (Lipinski definition) is 3. The van der Waals surface area contributed by atoms with Crippen LogP contribution in [0.15, 0.2) is 57.7 Å². The van der Waals surface area contributed by atoms with E-state index in [9.17, 15) is 0 Å². The molecule has 2 aromatic heterocycles. The SMILES string of the molecule is Brc1ccoc1CNc1cnc2ccccc2c1. The largest absolute Gasteiger partial charge is 0.466 e. The zero-order valence-electron chi connectivity index (χ0n) is 9.56. The van der Waals surface area contributed by atoms with Crippen LogP contribution in [0.1, 0.15) is 5.76 Å². The van der Waals surface area contributed by atoms with Gasteiger partial charge in [0.25, 0.3) is 0 Å². The monoisotopic (exact) mass is 302 g/mol. The Bertz CT molecular complexity index is 678. The van der Waals surface area contributed by atoms with Gasteiger partial charge in [0.1, 0.15) is 5.76 Å². The molecule has 0 aliphatic heterocycles. The normalized spacial score (nSPS) is 10.7. The van der Waals surface area contributed by atoms with E-state index < -0.39 is 0 Å². The van der Waals surface area contributed by atoms with Crippen LogP contribution in [-0.2, 0) is 6.54 Å². The predicted molar refractivity (Wildman–Crippen MR) is 75.5 cm³/mol. The van der Waals surface area contributed by atoms with Gasteiger partial charge in [-0.3, -0.25) is 4.98 Å². The highest BCUT2D eigenvalue weighted by Crippen LogP contribution is 2.20. The molecule has 3 aromatic rings. The Morgan fingerprint density at radius 2 is 2.11 bits per heavy atom. The topological polar surface area (TPSA) is 38.1 Å². The number of nitrogens with one attached hydrogen (secondary N) is 1. The van der Waals surface area contributed by atoms with Crippen LogP contribution in [0, 0.1) is 0 Å². The van der Waals surface area contributed by atoms with Crippen LogP contribution in [0.5, 0.6) is 0 Å². The predicted octanol–water partition coefficient (Wildman–Crippen LogP) is 4.20. The summed E-state index contributed by atoms with van der Waals surface area (Å²) in [6.45, 7) is 0.633. The molecular weight excluding hydrogens is 292 g/mol. The summed E-state index contributed by atoms with van der Waals surface area (Å²) in [7, 11) is 0. The van der Waals surface area contributed by atoms with Crippen molar-refractivity contribution in [3.8, 4) is 0 Å². The van der Waals surface area contributed by atoms with E-state index in [-0.39, 0.29) is 0 Å². The van der Waals surface area contributed by atoms with E-state index in [1.165, 1.54) is 0 Å². The van der Waals surface area contributed by atoms with Gasteiger partial charge in [0.05, 0.1) is 34.7 Å². The lowest BCUT2D eigenvalue weighted by Gasteiger charge is -2.05. The first-order chi connectivity index (χ1) is 8.83. The number of anilines is 1. The molecule has 0 spiro atoms. The first kappa shape index (κ1) is 11.3. The van der Waals surface area contributed by atoms with E-state index in [1.807, 2.05) is 30.5 Å². The van der Waals surface area contributed by atoms with Crippen molar-refractivity contribution in [3.05, 3.63) is 59.1 Å². The van der Waals surface area contributed by atoms with Gasteiger partial charge in [0.2, 0.25) is 0 Å². The molecule has 0 atom stereocenters. The number of hydrogen-bond donors (Lipinski definition) is 1. The summed E-state index contributed by atoms with van der Waals surface area (Å²) in [6, 6.07) is 12.0. The minimum Gasteiger partial charge on any atom is -0.466 e. The Kier molecular flexibility index (Phi) is 3.02. The Hall–Kier alpha value is -1.81. The second-order valence-electron chi connectivity index (χ2n) is 3.96. The molecule has 0 fully saturated rings. The fourth-order valence-corrected chi connectivity index (χ4v) is 2.14. The second-order valence-corrected chi connectivity index (χ2v) is 4.82. The van der Waals surface area contributed by atoms with Crippen LogP contribution in [-0.4, -0.2) is 4.98 Å². The Morgan fingerprint density at radius 3 is 2.94 bits per heavy atom. The van der Waals surface area contributed by atoms with E-state index in [2.05, 4.69) is 38.4 Å². The van der Waals surface area contributed by atoms with Crippen molar-refractivity contribution in [1.29, 1.82) is 0 Å². The summed E-state index contributed by atoms with van der Waals surface area (Å²) in [6.07, 6.45) is 3.50. The third-order valence-corrected chi connectivity index (χ3v) is 3.44. The quantitative estimate of drug-likeness (QED) is 0.788. The fourth-order valence-electron chi connectivity index (χ4n) is 1.80. The molecule has 18 heavy (non-hydrogen) atoms. The minimum atomic E-state index is 0.633. The Labute approximate surface area is 113 Å². The average molecular weight is 303 g/mol. The Balaban J connectivity index is 1.81. The van der Waals surface area contributed by atoms with Gasteiger partial charge in [0, 0.05) is 5.39 Å². The van der Waals surface area contributed by atoms with Gasteiger partial charge in [0.15, 0.2) is 0 Å². The number of pyridine rings is 1. The first-order valence-corrected chi connectivity index (χ1v) is 6.43. The zero-order valence-corrected chi connectivity index (χ0v) is 11.1. The molecule has 0 amide bonds. The number of furan rings is 1. The van der Waals surface area contributed by atoms with Crippen LogP contribution in [0.25, 0.3) is 10.9 Å². The number of halogens is 1. The third kappa shape index (κ3) is 2.24. The van der Waals surface area contributed by atoms with Crippen LogP contribution in [0.3, 0.4) is 0 Å². The molecule has 0 unspecified atom stereocenters. The van der Waals surface area contributed by atoms with Crippen molar-refractivity contribution in [2.75, 3.05) is 5.32 Å². The smallest absolute Gasteiger partial charge is 0.136 e. The number of nitrogens with zero attached hydrogens (tertiary/aromatic N) is 1. The minimum absolute atomic E-state index is 0.633. The van der Waals surface area contributed by atoms with Gasteiger partial charge >= 0.3 is 0 Å². The number of benzene rings is 1. The highest BCUT2D eigenvalue weighted by molar-refractivity contribution is 9.10. The van der Waals surface area contributed by atoms with Gasteiger partial charge in [-0.15, -0.1) is 0 Å². The molecule has 2 heterocycles. The maximum atomic E-state index is 5.34. The standard InChI is InChI=1S/C14H11BrN2O/c15-12-5-6-18-14(12)9-16-11-7-10-3-1-2-4-13(10)17-8-11/h1-8,16H,9H2. The molecule has 0 saturated carbocycles. The number of rotatable bonds is 3. The van der Waals surface area contributed by atoms with Gasteiger partial charge in [-0.05, 0) is 34.1 Å². The van der Waals surface area contributed by atoms with E-state index in [0.717, 1.165) is 26.8 Å². The highest BCUT2D eigenvalue weighted by Gasteiger charge is 2.03. The Morgan fingerprint density at radius 1 is 1.22 bits per heavy atom. The molecule has 0 bridgehead atoms. The molecule has 0 radical (unpaired) electrons. The molecule has 3 rings (SSSR count). The van der Waals surface area contributed by atoms with Crippen LogP contribution >= 0.6 is 15.9 Å². The van der Waals surface area contributed by atoms with Gasteiger partial charge in [-0.2, -0.15) is 0 Å². The zero-order chi connectivity index (χ0) is 12.4. The van der Waals surface area contributed by atoms with E-state index in [4.69, 9.17) is 4.42 Å². The highest BCUT2D eigenvalue weighted by atomic mass is 79.9. The summed E-state index contributed by atoms with van der Waals surface area (Å²) in [5, 5.41) is 4.42. The molecule has 1 aromatic carbocycles. The lowest BCUT2D eigenvalue weighted by molar-refractivity contribution is 0.516. The summed E-state index contributed by atoms with van der Waals surface area (Å²) >= 11 is 3.43. The van der Waals surface area contributed by atoms with Crippen LogP contribution < -0.4 is 5.32 Å². The lowest BCUT2D eigenvalue weighted by atomic mass is 10.2. The molecule has 0 aliphatic rings. The average Bonchev–Trinajstić information content (AvgIpc) is 2.82. The molecule has 0 aliphatic carbocycles. The van der Waals surface area contributed by atoms with Crippen molar-refractivity contribution in [1.82, 2.24) is 4.98 Å². The van der Waals surface area contributed by atoms with Gasteiger partial charge < -0.3 is 9.73 Å². The van der Waals surface area contributed by atoms with Crippen molar-refractivity contribution in [2.45, 2.75) is 6.54 Å².